The number of carbonyl (C=O) groups is 1. The number of urea groups is 1. The van der Waals surface area contributed by atoms with E-state index in [2.05, 4.69) is 12.2 Å². The van der Waals surface area contributed by atoms with Crippen LogP contribution in [0.5, 0.6) is 0 Å². The second kappa shape index (κ2) is 8.47. The average Bonchev–Trinajstić information content (AvgIpc) is 2.76. The van der Waals surface area contributed by atoms with E-state index >= 15 is 0 Å². The largest absolute Gasteiger partial charge is 0.416 e. The van der Waals surface area contributed by atoms with Gasteiger partial charge in [0.05, 0.1) is 24.8 Å². The van der Waals surface area contributed by atoms with E-state index in [-0.39, 0.29) is 17.1 Å². The summed E-state index contributed by atoms with van der Waals surface area (Å²) in [6.07, 6.45) is -1.39. The highest BCUT2D eigenvalue weighted by Gasteiger charge is 2.66. The van der Waals surface area contributed by atoms with Crippen molar-refractivity contribution in [2.75, 3.05) is 13.1 Å². The molecule has 1 saturated heterocycles. The van der Waals surface area contributed by atoms with Crippen molar-refractivity contribution < 1.29 is 27.1 Å². The molecule has 6 atom stereocenters. The van der Waals surface area contributed by atoms with Crippen molar-refractivity contribution >= 4 is 6.03 Å². The highest BCUT2D eigenvalue weighted by Crippen LogP contribution is 2.66. The highest BCUT2D eigenvalue weighted by molar-refractivity contribution is 5.76. The van der Waals surface area contributed by atoms with E-state index in [0.29, 0.717) is 30.5 Å². The minimum absolute atomic E-state index is 0.0221. The molecule has 1 N–H and O–H groups in total. The lowest BCUT2D eigenvalue weighted by Gasteiger charge is -2.70. The third-order valence-corrected chi connectivity index (χ3v) is 8.84. The van der Waals surface area contributed by atoms with Crippen LogP contribution in [-0.4, -0.2) is 35.7 Å². The van der Waals surface area contributed by atoms with Gasteiger partial charge in [-0.2, -0.15) is 13.2 Å². The van der Waals surface area contributed by atoms with Gasteiger partial charge in [-0.1, -0.05) is 37.3 Å². The van der Waals surface area contributed by atoms with E-state index < -0.39 is 29.8 Å². The van der Waals surface area contributed by atoms with Gasteiger partial charge in [-0.25, -0.2) is 9.18 Å². The van der Waals surface area contributed by atoms with Crippen LogP contribution in [0.15, 0.2) is 48.5 Å². The monoisotopic (exact) mass is 502 g/mol. The summed E-state index contributed by atoms with van der Waals surface area (Å²) in [5, 5.41) is 3.34. The number of amides is 2. The molecule has 4 nitrogen and oxygen atoms in total. The Morgan fingerprint density at radius 2 is 1.78 bits per heavy atom. The molecule has 2 aromatic rings. The molecule has 2 aromatic carbocycles. The zero-order valence-electron chi connectivity index (χ0n) is 20.1. The summed E-state index contributed by atoms with van der Waals surface area (Å²) < 4.78 is 61.0. The van der Waals surface area contributed by atoms with Gasteiger partial charge in [0, 0.05) is 5.54 Å². The van der Waals surface area contributed by atoms with Crippen LogP contribution in [0.2, 0.25) is 0 Å². The number of benzene rings is 2. The predicted octanol–water partition coefficient (Wildman–Crippen LogP) is 6.17. The lowest BCUT2D eigenvalue weighted by molar-refractivity contribution is -0.165. The molecule has 6 unspecified atom stereocenters. The number of alkyl halides is 3. The summed E-state index contributed by atoms with van der Waals surface area (Å²) in [7, 11) is 0. The van der Waals surface area contributed by atoms with E-state index in [9.17, 15) is 22.4 Å². The Morgan fingerprint density at radius 3 is 2.47 bits per heavy atom. The van der Waals surface area contributed by atoms with Gasteiger partial charge in [0.2, 0.25) is 0 Å². The fourth-order valence-electron chi connectivity index (χ4n) is 7.42. The lowest BCUT2D eigenvalue weighted by atomic mass is 9.39. The number of hydrogen-bond acceptors (Lipinski definition) is 2. The topological polar surface area (TPSA) is 41.6 Å². The molecule has 3 saturated carbocycles. The number of carbonyl (C=O) groups excluding carboxylic acids is 1. The first kappa shape index (κ1) is 23.8. The number of hydrogen-bond donors (Lipinski definition) is 1. The number of rotatable bonds is 5. The van der Waals surface area contributed by atoms with Crippen molar-refractivity contribution in [3.05, 3.63) is 71.0 Å². The Kier molecular flexibility index (Phi) is 5.59. The van der Waals surface area contributed by atoms with Crippen molar-refractivity contribution in [2.24, 2.45) is 23.7 Å². The van der Waals surface area contributed by atoms with E-state index in [0.717, 1.165) is 30.7 Å². The van der Waals surface area contributed by atoms with Crippen LogP contribution in [0.4, 0.5) is 22.4 Å². The standard InChI is InChI=1S/C28H30F4N2O2/c1-16-10-18-11-19-13-27(12-16,24(18)19)33-26(35)34-14-21(15-34)36-25(17-6-8-20(29)9-7-17)22-4-2-3-5-23(22)28(30,31)32/h2-9,16,18-19,21,24-25H,10-15H2,1H3,(H,33,35). The van der Waals surface area contributed by atoms with Crippen molar-refractivity contribution in [2.45, 2.75) is 56.5 Å². The van der Waals surface area contributed by atoms with Gasteiger partial charge in [-0.05, 0) is 78.7 Å². The molecule has 36 heavy (non-hydrogen) atoms. The molecule has 0 bridgehead atoms. The molecule has 4 aliphatic rings. The second-order valence-electron chi connectivity index (χ2n) is 11.3. The maximum Gasteiger partial charge on any atom is 0.416 e. The van der Waals surface area contributed by atoms with Gasteiger partial charge in [0.25, 0.3) is 0 Å². The molecule has 8 heteroatoms. The number of halogens is 4. The summed E-state index contributed by atoms with van der Waals surface area (Å²) in [4.78, 5) is 14.7. The van der Waals surface area contributed by atoms with Crippen molar-refractivity contribution in [3.63, 3.8) is 0 Å². The van der Waals surface area contributed by atoms with Gasteiger partial charge in [0.15, 0.2) is 0 Å². The molecule has 2 amide bonds. The SMILES string of the molecule is CC1CC2CC3CC(NC(=O)N4CC(OC(c5ccc(F)cc5)c5ccccc5C(F)(F)F)C4)(C1)C23. The van der Waals surface area contributed by atoms with Gasteiger partial charge < -0.3 is 15.0 Å². The predicted molar refractivity (Wildman–Crippen MR) is 125 cm³/mol. The van der Waals surface area contributed by atoms with Gasteiger partial charge in [-0.15, -0.1) is 0 Å². The van der Waals surface area contributed by atoms with Crippen molar-refractivity contribution in [1.82, 2.24) is 10.2 Å². The molecule has 3 aliphatic carbocycles. The third-order valence-electron chi connectivity index (χ3n) is 8.84. The molecular weight excluding hydrogens is 472 g/mol. The molecule has 0 spiro atoms. The quantitative estimate of drug-likeness (QED) is 0.497. The van der Waals surface area contributed by atoms with E-state index in [1.54, 1.807) is 4.90 Å². The zero-order chi connectivity index (χ0) is 25.2. The van der Waals surface area contributed by atoms with Crippen LogP contribution >= 0.6 is 0 Å². The molecule has 6 rings (SSSR count). The number of nitrogens with one attached hydrogen (secondary N) is 1. The fourth-order valence-corrected chi connectivity index (χ4v) is 7.42. The van der Waals surface area contributed by atoms with Crippen LogP contribution in [-0.2, 0) is 10.9 Å². The minimum atomic E-state index is -4.56. The lowest BCUT2D eigenvalue weighted by Crippen LogP contribution is -2.75. The molecule has 192 valence electrons. The second-order valence-corrected chi connectivity index (χ2v) is 11.3. The molecule has 4 fully saturated rings. The number of ether oxygens (including phenoxy) is 1. The summed E-state index contributed by atoms with van der Waals surface area (Å²) in [5.41, 5.74) is -0.460. The van der Waals surface area contributed by atoms with Crippen LogP contribution in [0.3, 0.4) is 0 Å². The van der Waals surface area contributed by atoms with Crippen LogP contribution in [0.1, 0.15) is 55.4 Å². The van der Waals surface area contributed by atoms with Gasteiger partial charge in [0.1, 0.15) is 11.9 Å². The normalized spacial score (nSPS) is 32.0. The Balaban J connectivity index is 1.15. The maximum absolute atomic E-state index is 13.8. The Labute approximate surface area is 208 Å². The summed E-state index contributed by atoms with van der Waals surface area (Å²) in [6, 6.07) is 10.5. The summed E-state index contributed by atoms with van der Waals surface area (Å²) >= 11 is 0. The molecule has 0 aromatic heterocycles. The first-order valence-corrected chi connectivity index (χ1v) is 12.8. The van der Waals surface area contributed by atoms with Crippen LogP contribution in [0.25, 0.3) is 0 Å². The first-order valence-electron chi connectivity index (χ1n) is 12.8. The Morgan fingerprint density at radius 1 is 1.06 bits per heavy atom. The van der Waals surface area contributed by atoms with E-state index in [4.69, 9.17) is 4.74 Å². The number of likely N-dealkylation sites (tertiary alicyclic amines) is 1. The first-order chi connectivity index (χ1) is 17.1. The minimum Gasteiger partial charge on any atom is -0.362 e. The maximum atomic E-state index is 13.8. The van der Waals surface area contributed by atoms with Crippen LogP contribution in [0, 0.1) is 29.5 Å². The zero-order valence-corrected chi connectivity index (χ0v) is 20.1. The summed E-state index contributed by atoms with van der Waals surface area (Å²) in [5.74, 6) is 2.21. The highest BCUT2D eigenvalue weighted by atomic mass is 19.4. The fraction of sp³-hybridized carbons (Fsp3) is 0.536. The Bertz CT molecular complexity index is 1150. The number of nitrogens with zero attached hydrogens (tertiary/aromatic N) is 1. The van der Waals surface area contributed by atoms with E-state index in [1.165, 1.54) is 55.3 Å². The van der Waals surface area contributed by atoms with E-state index in [1.807, 2.05) is 0 Å². The van der Waals surface area contributed by atoms with Gasteiger partial charge in [-0.3, -0.25) is 0 Å². The Hall–Kier alpha value is -2.61. The molecule has 1 heterocycles. The van der Waals surface area contributed by atoms with Crippen LogP contribution < -0.4 is 5.32 Å². The molecule has 1 aliphatic heterocycles. The average molecular weight is 503 g/mol. The molecular formula is C28H30F4N2O2. The van der Waals surface area contributed by atoms with Crippen molar-refractivity contribution in [3.8, 4) is 0 Å². The molecule has 0 radical (unpaired) electrons. The third kappa shape index (κ3) is 3.98. The van der Waals surface area contributed by atoms with Gasteiger partial charge >= 0.3 is 12.2 Å². The smallest absolute Gasteiger partial charge is 0.362 e. The summed E-state index contributed by atoms with van der Waals surface area (Å²) in [6.45, 7) is 2.87. The van der Waals surface area contributed by atoms with Crippen molar-refractivity contribution in [1.29, 1.82) is 0 Å².